The lowest BCUT2D eigenvalue weighted by atomic mass is 10.3. The van der Waals surface area contributed by atoms with E-state index in [4.69, 9.17) is 9.47 Å². The largest absolute Gasteiger partial charge is 0.495 e. The second-order valence-corrected chi connectivity index (χ2v) is 4.60. The number of aromatic nitrogens is 2. The highest BCUT2D eigenvalue weighted by Gasteiger charge is 2.04. The van der Waals surface area contributed by atoms with Gasteiger partial charge in [-0.25, -0.2) is 9.18 Å². The normalized spacial score (nSPS) is 11.1. The fourth-order valence-corrected chi connectivity index (χ4v) is 1.83. The van der Waals surface area contributed by atoms with Crippen molar-refractivity contribution in [3.63, 3.8) is 0 Å². The molecular weight excluding hydrogens is 299 g/mol. The molecule has 0 bridgehead atoms. The van der Waals surface area contributed by atoms with Crippen LogP contribution in [0, 0.1) is 5.82 Å². The van der Waals surface area contributed by atoms with Crippen molar-refractivity contribution in [3.05, 3.63) is 77.3 Å². The van der Waals surface area contributed by atoms with Gasteiger partial charge in [0.05, 0.1) is 11.4 Å². The smallest absolute Gasteiger partial charge is 0.355 e. The van der Waals surface area contributed by atoms with Crippen molar-refractivity contribution in [2.45, 2.75) is 6.92 Å². The zero-order valence-corrected chi connectivity index (χ0v) is 12.7. The maximum atomic E-state index is 12.9. The summed E-state index contributed by atoms with van der Waals surface area (Å²) in [7, 11) is 0. The van der Waals surface area contributed by atoms with Crippen LogP contribution in [0.4, 0.5) is 4.39 Å². The highest BCUT2D eigenvalue weighted by molar-refractivity contribution is 5.32. The van der Waals surface area contributed by atoms with E-state index in [0.29, 0.717) is 12.3 Å². The summed E-state index contributed by atoms with van der Waals surface area (Å²) in [5.41, 5.74) is 0.0294. The molecule has 2 aromatic rings. The van der Waals surface area contributed by atoms with Crippen LogP contribution in [-0.4, -0.2) is 22.8 Å². The Morgan fingerprint density at radius 3 is 2.70 bits per heavy atom. The van der Waals surface area contributed by atoms with Gasteiger partial charge in [0.25, 0.3) is 0 Å². The Labute approximate surface area is 133 Å². The van der Waals surface area contributed by atoms with Gasteiger partial charge >= 0.3 is 5.69 Å². The van der Waals surface area contributed by atoms with Gasteiger partial charge in [0.2, 0.25) is 5.88 Å². The van der Waals surface area contributed by atoms with E-state index in [9.17, 15) is 9.18 Å². The van der Waals surface area contributed by atoms with Crippen LogP contribution in [0.2, 0.25) is 0 Å². The SMILES string of the molecule is C=C/C=C(\C)OCCOc1ccn(-c2ccc(F)cc2)c(=O)n1. The van der Waals surface area contributed by atoms with Gasteiger partial charge in [0.1, 0.15) is 19.0 Å². The van der Waals surface area contributed by atoms with E-state index in [0.717, 1.165) is 5.76 Å². The number of hydrogen-bond acceptors (Lipinski definition) is 4. The van der Waals surface area contributed by atoms with E-state index in [1.165, 1.54) is 35.0 Å². The monoisotopic (exact) mass is 316 g/mol. The highest BCUT2D eigenvalue weighted by Crippen LogP contribution is 2.08. The van der Waals surface area contributed by atoms with E-state index in [1.807, 2.05) is 6.92 Å². The third-order valence-electron chi connectivity index (χ3n) is 2.90. The molecule has 0 aliphatic rings. The van der Waals surface area contributed by atoms with Crippen molar-refractivity contribution >= 4 is 0 Å². The molecule has 0 radical (unpaired) electrons. The number of rotatable bonds is 7. The van der Waals surface area contributed by atoms with Gasteiger partial charge in [0, 0.05) is 12.3 Å². The quantitative estimate of drug-likeness (QED) is 0.448. The van der Waals surface area contributed by atoms with Crippen LogP contribution in [-0.2, 0) is 4.74 Å². The molecule has 2 rings (SSSR count). The van der Waals surface area contributed by atoms with Gasteiger partial charge in [-0.05, 0) is 37.3 Å². The summed E-state index contributed by atoms with van der Waals surface area (Å²) in [4.78, 5) is 15.8. The standard InChI is InChI=1S/C17H17FN2O3/c1-3-4-13(2)22-11-12-23-16-9-10-20(17(21)19-16)15-7-5-14(18)6-8-15/h3-10H,1,11-12H2,2H3/b13-4+. The third-order valence-corrected chi connectivity index (χ3v) is 2.90. The molecule has 0 fully saturated rings. The molecule has 1 heterocycles. The van der Waals surface area contributed by atoms with Crippen molar-refractivity contribution in [1.82, 2.24) is 9.55 Å². The lowest BCUT2D eigenvalue weighted by Gasteiger charge is -2.09. The fourth-order valence-electron chi connectivity index (χ4n) is 1.83. The molecule has 0 unspecified atom stereocenters. The van der Waals surface area contributed by atoms with E-state index < -0.39 is 5.69 Å². The first-order valence-corrected chi connectivity index (χ1v) is 7.00. The number of hydrogen-bond donors (Lipinski definition) is 0. The molecule has 5 nitrogen and oxygen atoms in total. The summed E-state index contributed by atoms with van der Waals surface area (Å²) in [6, 6.07) is 7.13. The first kappa shape index (κ1) is 16.5. The molecule has 0 spiro atoms. The second kappa shape index (κ2) is 7.93. The van der Waals surface area contributed by atoms with E-state index in [2.05, 4.69) is 11.6 Å². The Bertz CT molecular complexity index is 751. The molecule has 0 atom stereocenters. The average molecular weight is 316 g/mol. The lowest BCUT2D eigenvalue weighted by molar-refractivity contribution is 0.154. The summed E-state index contributed by atoms with van der Waals surface area (Å²) in [5, 5.41) is 0. The number of halogens is 1. The summed E-state index contributed by atoms with van der Waals surface area (Å²) in [6.45, 7) is 5.97. The van der Waals surface area contributed by atoms with Gasteiger partial charge in [-0.2, -0.15) is 4.98 Å². The first-order valence-electron chi connectivity index (χ1n) is 7.00. The first-order chi connectivity index (χ1) is 11.1. The van der Waals surface area contributed by atoms with Crippen LogP contribution in [0.25, 0.3) is 5.69 Å². The molecule has 6 heteroatoms. The summed E-state index contributed by atoms with van der Waals surface area (Å²) < 4.78 is 24.9. The number of ether oxygens (including phenoxy) is 2. The third kappa shape index (κ3) is 4.81. The van der Waals surface area contributed by atoms with Crippen LogP contribution in [0.1, 0.15) is 6.92 Å². The molecule has 0 aliphatic carbocycles. The van der Waals surface area contributed by atoms with Crippen molar-refractivity contribution in [3.8, 4) is 11.6 Å². The molecule has 1 aromatic carbocycles. The fraction of sp³-hybridized carbons (Fsp3) is 0.176. The van der Waals surface area contributed by atoms with Gasteiger partial charge in [-0.15, -0.1) is 0 Å². The minimum absolute atomic E-state index is 0.210. The Balaban J connectivity index is 1.97. The van der Waals surface area contributed by atoms with Crippen LogP contribution in [0.5, 0.6) is 5.88 Å². The molecule has 1 aromatic heterocycles. The molecule has 0 saturated carbocycles. The van der Waals surface area contributed by atoms with Gasteiger partial charge in [-0.1, -0.05) is 12.7 Å². The van der Waals surface area contributed by atoms with Crippen LogP contribution in [0.3, 0.4) is 0 Å². The van der Waals surface area contributed by atoms with E-state index in [1.54, 1.807) is 18.2 Å². The minimum Gasteiger partial charge on any atom is -0.495 e. The number of allylic oxidation sites excluding steroid dienone is 3. The van der Waals surface area contributed by atoms with E-state index >= 15 is 0 Å². The minimum atomic E-state index is -0.502. The Hall–Kier alpha value is -2.89. The molecule has 0 saturated heterocycles. The van der Waals surface area contributed by atoms with Gasteiger partial charge in [0.15, 0.2) is 0 Å². The molecule has 0 amide bonds. The summed E-state index contributed by atoms with van der Waals surface area (Å²) >= 11 is 0. The van der Waals surface area contributed by atoms with Crippen molar-refractivity contribution in [2.75, 3.05) is 13.2 Å². The topological polar surface area (TPSA) is 53.4 Å². The molecule has 0 aliphatic heterocycles. The van der Waals surface area contributed by atoms with Crippen LogP contribution >= 0.6 is 0 Å². The molecule has 0 N–H and O–H groups in total. The predicted octanol–water partition coefficient (Wildman–Crippen LogP) is 2.86. The Morgan fingerprint density at radius 2 is 2.04 bits per heavy atom. The zero-order chi connectivity index (χ0) is 16.7. The number of benzene rings is 1. The van der Waals surface area contributed by atoms with Crippen molar-refractivity contribution in [2.24, 2.45) is 0 Å². The van der Waals surface area contributed by atoms with Gasteiger partial charge < -0.3 is 9.47 Å². The average Bonchev–Trinajstić information content (AvgIpc) is 2.53. The maximum Gasteiger partial charge on any atom is 0.355 e. The maximum absolute atomic E-state index is 12.9. The summed E-state index contributed by atoms with van der Waals surface area (Å²) in [5.74, 6) is 0.570. The molecule has 23 heavy (non-hydrogen) atoms. The molecular formula is C17H17FN2O3. The lowest BCUT2D eigenvalue weighted by Crippen LogP contribution is -2.21. The van der Waals surface area contributed by atoms with Crippen LogP contribution < -0.4 is 10.4 Å². The zero-order valence-electron chi connectivity index (χ0n) is 12.7. The van der Waals surface area contributed by atoms with Gasteiger partial charge in [-0.3, -0.25) is 4.57 Å². The second-order valence-electron chi connectivity index (χ2n) is 4.60. The molecule has 120 valence electrons. The van der Waals surface area contributed by atoms with Crippen LogP contribution in [0.15, 0.2) is 65.8 Å². The van der Waals surface area contributed by atoms with E-state index in [-0.39, 0.29) is 18.3 Å². The Morgan fingerprint density at radius 1 is 1.30 bits per heavy atom. The number of nitrogens with zero attached hydrogens (tertiary/aromatic N) is 2. The Kier molecular flexibility index (Phi) is 5.68. The predicted molar refractivity (Wildman–Crippen MR) is 85.2 cm³/mol. The van der Waals surface area contributed by atoms with Crippen molar-refractivity contribution < 1.29 is 13.9 Å². The van der Waals surface area contributed by atoms with Crippen molar-refractivity contribution in [1.29, 1.82) is 0 Å². The highest BCUT2D eigenvalue weighted by atomic mass is 19.1. The summed E-state index contributed by atoms with van der Waals surface area (Å²) in [6.07, 6.45) is 4.90.